The Morgan fingerprint density at radius 1 is 0.805 bits per heavy atom. The van der Waals surface area contributed by atoms with Crippen LogP contribution in [-0.4, -0.2) is 42.8 Å². The third-order valence-electron chi connectivity index (χ3n) is 6.87. The standard InChI is InChI=1S/C33H27ClN2O5/c34-27-14-6-22(7-15-27)18-19-35-29-20-31(38)36(32(29)39)28-16-12-26(13-17-28)33(40)41-21-30(37)25-10-8-24(9-11-25)23-4-2-1-3-5-23/h1-17,29,35H,18-21H2. The molecular weight excluding hydrogens is 540 g/mol. The van der Waals surface area contributed by atoms with E-state index in [1.807, 2.05) is 66.7 Å². The van der Waals surface area contributed by atoms with Crippen molar-refractivity contribution in [2.45, 2.75) is 18.9 Å². The zero-order chi connectivity index (χ0) is 28.8. The number of nitrogens with one attached hydrogen (secondary N) is 1. The van der Waals surface area contributed by atoms with Gasteiger partial charge in [-0.1, -0.05) is 78.3 Å². The van der Waals surface area contributed by atoms with Crippen molar-refractivity contribution in [1.82, 2.24) is 5.32 Å². The number of hydrogen-bond donors (Lipinski definition) is 1. The molecule has 1 N–H and O–H groups in total. The summed E-state index contributed by atoms with van der Waals surface area (Å²) in [5.41, 5.74) is 4.11. The Bertz CT molecular complexity index is 1550. The van der Waals surface area contributed by atoms with E-state index in [-0.39, 0.29) is 29.6 Å². The summed E-state index contributed by atoms with van der Waals surface area (Å²) in [6.45, 7) is 0.123. The van der Waals surface area contributed by atoms with E-state index < -0.39 is 18.6 Å². The van der Waals surface area contributed by atoms with Crippen molar-refractivity contribution in [3.63, 3.8) is 0 Å². The number of rotatable bonds is 10. The van der Waals surface area contributed by atoms with Crippen molar-refractivity contribution in [3.8, 4) is 11.1 Å². The van der Waals surface area contributed by atoms with Gasteiger partial charge in [0, 0.05) is 10.6 Å². The van der Waals surface area contributed by atoms with Crippen molar-refractivity contribution in [2.75, 3.05) is 18.1 Å². The zero-order valence-corrected chi connectivity index (χ0v) is 22.8. The quantitative estimate of drug-likeness (QED) is 0.155. The first-order valence-electron chi connectivity index (χ1n) is 13.2. The number of ketones is 1. The Balaban J connectivity index is 1.12. The van der Waals surface area contributed by atoms with Gasteiger partial charge in [-0.25, -0.2) is 9.69 Å². The summed E-state index contributed by atoms with van der Waals surface area (Å²) < 4.78 is 5.22. The van der Waals surface area contributed by atoms with Gasteiger partial charge < -0.3 is 10.1 Å². The number of Topliss-reactive ketones (excluding diaryl/α,β-unsaturated/α-hetero) is 1. The van der Waals surface area contributed by atoms with Crippen LogP contribution in [0.15, 0.2) is 103 Å². The van der Waals surface area contributed by atoms with Crippen LogP contribution in [-0.2, 0) is 20.7 Å². The molecule has 1 aliphatic heterocycles. The van der Waals surface area contributed by atoms with E-state index in [0.29, 0.717) is 29.2 Å². The molecule has 0 radical (unpaired) electrons. The van der Waals surface area contributed by atoms with Gasteiger partial charge in [0.05, 0.1) is 23.7 Å². The highest BCUT2D eigenvalue weighted by Gasteiger charge is 2.39. The molecule has 8 heteroatoms. The van der Waals surface area contributed by atoms with Gasteiger partial charge in [0.25, 0.3) is 5.91 Å². The molecule has 0 bridgehead atoms. The maximum Gasteiger partial charge on any atom is 0.338 e. The largest absolute Gasteiger partial charge is 0.454 e. The molecule has 1 unspecified atom stereocenters. The molecule has 1 fully saturated rings. The number of carbonyl (C=O) groups excluding carboxylic acids is 4. The van der Waals surface area contributed by atoms with Crippen LogP contribution in [0.1, 0.15) is 32.7 Å². The van der Waals surface area contributed by atoms with Gasteiger partial charge in [-0.3, -0.25) is 14.4 Å². The number of nitrogens with zero attached hydrogens (tertiary/aromatic N) is 1. The van der Waals surface area contributed by atoms with E-state index in [0.717, 1.165) is 21.6 Å². The average Bonchev–Trinajstić information content (AvgIpc) is 3.29. The number of anilines is 1. The molecule has 0 spiro atoms. The van der Waals surface area contributed by atoms with Crippen molar-refractivity contribution < 1.29 is 23.9 Å². The van der Waals surface area contributed by atoms with Crippen LogP contribution in [0.4, 0.5) is 5.69 Å². The summed E-state index contributed by atoms with van der Waals surface area (Å²) in [5, 5.41) is 3.81. The van der Waals surface area contributed by atoms with E-state index >= 15 is 0 Å². The summed E-state index contributed by atoms with van der Waals surface area (Å²) in [7, 11) is 0. The molecule has 0 aromatic heterocycles. The highest BCUT2D eigenvalue weighted by molar-refractivity contribution is 6.30. The van der Waals surface area contributed by atoms with E-state index in [1.54, 1.807) is 12.1 Å². The van der Waals surface area contributed by atoms with Crippen molar-refractivity contribution in [3.05, 3.63) is 125 Å². The van der Waals surface area contributed by atoms with E-state index in [1.165, 1.54) is 24.3 Å². The Morgan fingerprint density at radius 2 is 1.44 bits per heavy atom. The predicted molar refractivity (Wildman–Crippen MR) is 157 cm³/mol. The summed E-state index contributed by atoms with van der Waals surface area (Å²) in [4.78, 5) is 51.8. The first-order chi connectivity index (χ1) is 19.9. The molecule has 0 saturated carbocycles. The van der Waals surface area contributed by atoms with Crippen LogP contribution < -0.4 is 10.2 Å². The van der Waals surface area contributed by atoms with Crippen LogP contribution in [0.3, 0.4) is 0 Å². The molecule has 4 aromatic carbocycles. The first-order valence-corrected chi connectivity index (χ1v) is 13.6. The fraction of sp³-hybridized carbons (Fsp3) is 0.152. The number of halogens is 1. The Hall–Kier alpha value is -4.59. The SMILES string of the molecule is O=C(COC(=O)c1ccc(N2C(=O)CC(NCCc3ccc(Cl)cc3)C2=O)cc1)c1ccc(-c2ccccc2)cc1. The Labute approximate surface area is 242 Å². The maximum atomic E-state index is 12.9. The molecular formula is C33H27ClN2O5. The molecule has 41 heavy (non-hydrogen) atoms. The van der Waals surface area contributed by atoms with E-state index in [4.69, 9.17) is 16.3 Å². The Morgan fingerprint density at radius 3 is 2.12 bits per heavy atom. The van der Waals surface area contributed by atoms with Crippen LogP contribution in [0.25, 0.3) is 11.1 Å². The lowest BCUT2D eigenvalue weighted by atomic mass is 10.0. The fourth-order valence-electron chi connectivity index (χ4n) is 4.63. The fourth-order valence-corrected chi connectivity index (χ4v) is 4.75. The predicted octanol–water partition coefficient (Wildman–Crippen LogP) is 5.51. The second-order valence-corrected chi connectivity index (χ2v) is 10.1. The van der Waals surface area contributed by atoms with Crippen LogP contribution >= 0.6 is 11.6 Å². The minimum Gasteiger partial charge on any atom is -0.454 e. The second-order valence-electron chi connectivity index (χ2n) is 9.64. The van der Waals surface area contributed by atoms with E-state index in [9.17, 15) is 19.2 Å². The molecule has 1 aliphatic rings. The van der Waals surface area contributed by atoms with Gasteiger partial charge in [-0.15, -0.1) is 0 Å². The highest BCUT2D eigenvalue weighted by Crippen LogP contribution is 2.24. The third kappa shape index (κ3) is 6.77. The van der Waals surface area contributed by atoms with Gasteiger partial charge in [0.1, 0.15) is 0 Å². The van der Waals surface area contributed by atoms with Gasteiger partial charge in [0.2, 0.25) is 5.91 Å². The molecule has 1 saturated heterocycles. The lowest BCUT2D eigenvalue weighted by Gasteiger charge is -2.16. The summed E-state index contributed by atoms with van der Waals surface area (Å²) in [6.07, 6.45) is 0.741. The number of ether oxygens (including phenoxy) is 1. The van der Waals surface area contributed by atoms with Crippen molar-refractivity contribution in [2.24, 2.45) is 0 Å². The van der Waals surface area contributed by atoms with Gasteiger partial charge in [-0.2, -0.15) is 0 Å². The highest BCUT2D eigenvalue weighted by atomic mass is 35.5. The number of esters is 1. The summed E-state index contributed by atoms with van der Waals surface area (Å²) in [5.74, 6) is -1.66. The van der Waals surface area contributed by atoms with E-state index in [2.05, 4.69) is 5.32 Å². The molecule has 1 atom stereocenters. The minimum absolute atomic E-state index is 0.0533. The van der Waals surface area contributed by atoms with Crippen molar-refractivity contribution in [1.29, 1.82) is 0 Å². The number of benzene rings is 4. The maximum absolute atomic E-state index is 12.9. The minimum atomic E-state index is -0.674. The third-order valence-corrected chi connectivity index (χ3v) is 7.13. The molecule has 7 nitrogen and oxygen atoms in total. The molecule has 4 aromatic rings. The monoisotopic (exact) mass is 566 g/mol. The zero-order valence-electron chi connectivity index (χ0n) is 22.1. The number of imide groups is 1. The molecule has 0 aliphatic carbocycles. The molecule has 2 amide bonds. The van der Waals surface area contributed by atoms with Gasteiger partial charge in [-0.05, 0) is 66.1 Å². The average molecular weight is 567 g/mol. The van der Waals surface area contributed by atoms with Crippen LogP contribution in [0, 0.1) is 0 Å². The summed E-state index contributed by atoms with van der Waals surface area (Å²) >= 11 is 5.92. The molecule has 5 rings (SSSR count). The normalized spacial score (nSPS) is 14.8. The summed E-state index contributed by atoms with van der Waals surface area (Å²) in [6, 6.07) is 29.7. The van der Waals surface area contributed by atoms with Crippen molar-refractivity contribution >= 4 is 40.9 Å². The number of hydrogen-bond acceptors (Lipinski definition) is 6. The number of carbonyl (C=O) groups is 4. The molecule has 1 heterocycles. The topological polar surface area (TPSA) is 92.8 Å². The smallest absolute Gasteiger partial charge is 0.338 e. The lowest BCUT2D eigenvalue weighted by molar-refractivity contribution is -0.121. The van der Waals surface area contributed by atoms with Gasteiger partial charge >= 0.3 is 5.97 Å². The Kier molecular flexibility index (Phi) is 8.67. The molecule has 206 valence electrons. The van der Waals surface area contributed by atoms with Crippen LogP contribution in [0.5, 0.6) is 0 Å². The number of amides is 2. The van der Waals surface area contributed by atoms with Gasteiger partial charge in [0.15, 0.2) is 12.4 Å². The lowest BCUT2D eigenvalue weighted by Crippen LogP contribution is -2.39. The van der Waals surface area contributed by atoms with Crippen LogP contribution in [0.2, 0.25) is 5.02 Å². The second kappa shape index (κ2) is 12.7. The first kappa shape index (κ1) is 28.0.